The van der Waals surface area contributed by atoms with Crippen LogP contribution in [0.3, 0.4) is 0 Å². The zero-order valence-electron chi connectivity index (χ0n) is 37.9. The molecule has 8 nitrogen and oxygen atoms in total. The number of carbonyl (C=O) groups excluding carboxylic acids is 2. The molecule has 0 aromatic carbocycles. The van der Waals surface area contributed by atoms with Crippen LogP contribution >= 0.6 is 0 Å². The maximum Gasteiger partial charge on any atom is 0.362 e. The summed E-state index contributed by atoms with van der Waals surface area (Å²) in [6.45, 7) is 4.79. The van der Waals surface area contributed by atoms with Gasteiger partial charge in [0.15, 0.2) is 12.1 Å². The molecule has 0 aliphatic carbocycles. The van der Waals surface area contributed by atoms with Crippen molar-refractivity contribution in [2.75, 3.05) is 41.0 Å². The Labute approximate surface area is 346 Å². The van der Waals surface area contributed by atoms with E-state index in [4.69, 9.17) is 14.2 Å². The van der Waals surface area contributed by atoms with E-state index in [2.05, 4.69) is 13.8 Å². The zero-order valence-corrected chi connectivity index (χ0v) is 37.9. The number of esters is 2. The highest BCUT2D eigenvalue weighted by atomic mass is 16.6. The average Bonchev–Trinajstić information content (AvgIpc) is 3.15. The van der Waals surface area contributed by atoms with Crippen molar-refractivity contribution < 1.29 is 38.2 Å². The molecule has 0 radical (unpaired) electrons. The molecule has 0 heterocycles. The second-order valence-corrected chi connectivity index (χ2v) is 17.7. The van der Waals surface area contributed by atoms with Crippen LogP contribution in [0.1, 0.15) is 239 Å². The summed E-state index contributed by atoms with van der Waals surface area (Å²) in [6.07, 6.45) is 41.4. The molecular formula is C48H94NO7+. The van der Waals surface area contributed by atoms with Crippen LogP contribution in [0.15, 0.2) is 0 Å². The van der Waals surface area contributed by atoms with E-state index in [0.717, 1.165) is 38.5 Å². The molecule has 0 aliphatic heterocycles. The number of hydrogen-bond donors (Lipinski definition) is 1. The number of ether oxygens (including phenoxy) is 3. The van der Waals surface area contributed by atoms with Crippen LogP contribution in [0.5, 0.6) is 0 Å². The molecule has 0 aliphatic rings. The van der Waals surface area contributed by atoms with Gasteiger partial charge in [-0.1, -0.05) is 206 Å². The van der Waals surface area contributed by atoms with Gasteiger partial charge in [-0.05, 0) is 12.8 Å². The van der Waals surface area contributed by atoms with Gasteiger partial charge < -0.3 is 23.8 Å². The monoisotopic (exact) mass is 797 g/mol. The molecular weight excluding hydrogens is 703 g/mol. The highest BCUT2D eigenvalue weighted by Crippen LogP contribution is 2.17. The number of carboxylic acid groups (broad SMARTS) is 1. The first-order valence-electron chi connectivity index (χ1n) is 24.1. The normalized spacial score (nSPS) is 12.8. The lowest BCUT2D eigenvalue weighted by atomic mass is 10.0. The molecule has 0 aromatic rings. The molecule has 56 heavy (non-hydrogen) atoms. The second kappa shape index (κ2) is 40.1. The van der Waals surface area contributed by atoms with E-state index in [0.29, 0.717) is 19.3 Å². The van der Waals surface area contributed by atoms with Gasteiger partial charge in [-0.25, -0.2) is 4.79 Å². The summed E-state index contributed by atoms with van der Waals surface area (Å²) in [5.74, 6) is -1.44. The fourth-order valence-corrected chi connectivity index (χ4v) is 7.51. The molecule has 0 spiro atoms. The van der Waals surface area contributed by atoms with Gasteiger partial charge in [0.2, 0.25) is 0 Å². The summed E-state index contributed by atoms with van der Waals surface area (Å²) >= 11 is 0. The van der Waals surface area contributed by atoms with E-state index in [1.165, 1.54) is 167 Å². The predicted molar refractivity (Wildman–Crippen MR) is 234 cm³/mol. The van der Waals surface area contributed by atoms with E-state index in [1.807, 2.05) is 21.1 Å². The Bertz CT molecular complexity index is 889. The minimum absolute atomic E-state index is 0.0416. The molecule has 0 saturated heterocycles. The summed E-state index contributed by atoms with van der Waals surface area (Å²) in [5, 5.41) is 9.63. The third-order valence-electron chi connectivity index (χ3n) is 11.3. The molecule has 0 fully saturated rings. The van der Waals surface area contributed by atoms with Crippen LogP contribution in [0.4, 0.5) is 0 Å². The predicted octanol–water partition coefficient (Wildman–Crippen LogP) is 13.3. The Morgan fingerprint density at radius 3 is 1.11 bits per heavy atom. The number of aliphatic carboxylic acids is 1. The van der Waals surface area contributed by atoms with Gasteiger partial charge in [-0.2, -0.15) is 0 Å². The molecule has 0 bridgehead atoms. The van der Waals surface area contributed by atoms with Gasteiger partial charge >= 0.3 is 17.9 Å². The standard InChI is InChI=1S/C48H93NO7/c1-6-8-10-12-14-16-18-20-22-23-25-27-29-31-33-35-37-39-47(51)56-44(42-54-41-40-45(48(52)53)49(3,4)5)43-55-46(50)38-36-34-32-30-28-26-24-21-19-17-15-13-11-9-7-2/h44-45H,6-43H2,1-5H3/p+1. The van der Waals surface area contributed by atoms with Crippen molar-refractivity contribution in [2.45, 2.75) is 251 Å². The number of unbranched alkanes of at least 4 members (excludes halogenated alkanes) is 30. The lowest BCUT2D eigenvalue weighted by molar-refractivity contribution is -0.887. The van der Waals surface area contributed by atoms with Crippen LogP contribution < -0.4 is 0 Å². The Kier molecular flexibility index (Phi) is 38.9. The molecule has 2 atom stereocenters. The fourth-order valence-electron chi connectivity index (χ4n) is 7.51. The van der Waals surface area contributed by atoms with Gasteiger partial charge in [0.05, 0.1) is 34.4 Å². The van der Waals surface area contributed by atoms with Crippen LogP contribution in [0.25, 0.3) is 0 Å². The number of rotatable bonds is 44. The molecule has 0 saturated carbocycles. The van der Waals surface area contributed by atoms with E-state index in [1.54, 1.807) is 0 Å². The van der Waals surface area contributed by atoms with Gasteiger partial charge in [-0.3, -0.25) is 9.59 Å². The highest BCUT2D eigenvalue weighted by molar-refractivity contribution is 5.72. The summed E-state index contributed by atoms with van der Waals surface area (Å²) < 4.78 is 17.3. The van der Waals surface area contributed by atoms with Crippen molar-refractivity contribution in [2.24, 2.45) is 0 Å². The minimum atomic E-state index is -0.870. The number of carboxylic acids is 1. The quantitative estimate of drug-likeness (QED) is 0.0372. The molecule has 1 N–H and O–H groups in total. The zero-order chi connectivity index (χ0) is 41.4. The first-order valence-corrected chi connectivity index (χ1v) is 24.1. The van der Waals surface area contributed by atoms with Gasteiger partial charge in [0.1, 0.15) is 6.61 Å². The van der Waals surface area contributed by atoms with Crippen LogP contribution in [0.2, 0.25) is 0 Å². The van der Waals surface area contributed by atoms with Crippen molar-refractivity contribution >= 4 is 17.9 Å². The van der Waals surface area contributed by atoms with E-state index < -0.39 is 18.1 Å². The van der Waals surface area contributed by atoms with Crippen LogP contribution in [-0.2, 0) is 28.6 Å². The van der Waals surface area contributed by atoms with Crippen molar-refractivity contribution in [3.63, 3.8) is 0 Å². The smallest absolute Gasteiger partial charge is 0.362 e. The topological polar surface area (TPSA) is 99.1 Å². The maximum atomic E-state index is 12.8. The number of carbonyl (C=O) groups is 3. The molecule has 8 heteroatoms. The molecule has 332 valence electrons. The molecule has 0 amide bonds. The van der Waals surface area contributed by atoms with E-state index in [9.17, 15) is 19.5 Å². The van der Waals surface area contributed by atoms with Crippen LogP contribution in [-0.4, -0.2) is 80.6 Å². The molecule has 0 aromatic heterocycles. The average molecular weight is 797 g/mol. The molecule has 2 unspecified atom stereocenters. The van der Waals surface area contributed by atoms with Crippen molar-refractivity contribution in [3.8, 4) is 0 Å². The Balaban J connectivity index is 4.24. The summed E-state index contributed by atoms with van der Waals surface area (Å²) in [5.41, 5.74) is 0. The first-order chi connectivity index (χ1) is 27.1. The Morgan fingerprint density at radius 1 is 0.464 bits per heavy atom. The summed E-state index contributed by atoms with van der Waals surface area (Å²) in [4.78, 5) is 37.0. The van der Waals surface area contributed by atoms with Crippen molar-refractivity contribution in [1.29, 1.82) is 0 Å². The first kappa shape index (κ1) is 54.3. The van der Waals surface area contributed by atoms with Gasteiger partial charge in [-0.15, -0.1) is 0 Å². The third kappa shape index (κ3) is 37.9. The Morgan fingerprint density at radius 2 is 0.786 bits per heavy atom. The number of nitrogens with zero attached hydrogens (tertiary/aromatic N) is 1. The summed E-state index contributed by atoms with van der Waals surface area (Å²) in [7, 11) is 5.54. The number of quaternary nitrogens is 1. The van der Waals surface area contributed by atoms with Crippen molar-refractivity contribution in [3.05, 3.63) is 0 Å². The van der Waals surface area contributed by atoms with Gasteiger partial charge in [0.25, 0.3) is 0 Å². The highest BCUT2D eigenvalue weighted by Gasteiger charge is 2.31. The van der Waals surface area contributed by atoms with E-state index in [-0.39, 0.29) is 36.2 Å². The van der Waals surface area contributed by atoms with Gasteiger partial charge in [0, 0.05) is 19.3 Å². The lowest BCUT2D eigenvalue weighted by Gasteiger charge is -2.31. The largest absolute Gasteiger partial charge is 0.477 e. The lowest BCUT2D eigenvalue weighted by Crippen LogP contribution is -2.50. The second-order valence-electron chi connectivity index (χ2n) is 17.7. The number of hydrogen-bond acceptors (Lipinski definition) is 6. The number of likely N-dealkylation sites (N-methyl/N-ethyl adjacent to an activating group) is 1. The third-order valence-corrected chi connectivity index (χ3v) is 11.3. The maximum absolute atomic E-state index is 12.8. The minimum Gasteiger partial charge on any atom is -0.477 e. The van der Waals surface area contributed by atoms with Crippen molar-refractivity contribution in [1.82, 2.24) is 0 Å². The SMILES string of the molecule is CCCCCCCCCCCCCCCCCCCC(=O)OC(COCCC(C(=O)O)[N+](C)(C)C)COC(=O)CCCCCCCCCCCCCCCCC. The fraction of sp³-hybridized carbons (Fsp3) is 0.938. The summed E-state index contributed by atoms with van der Waals surface area (Å²) in [6, 6.07) is -0.608. The van der Waals surface area contributed by atoms with Crippen LogP contribution in [0, 0.1) is 0 Å². The molecule has 0 rings (SSSR count). The van der Waals surface area contributed by atoms with E-state index >= 15 is 0 Å². The Hall–Kier alpha value is -1.67.